The minimum Gasteiger partial charge on any atom is -0.409 e. The number of ether oxygens (including phenoxy) is 1. The summed E-state index contributed by atoms with van der Waals surface area (Å²) < 4.78 is 18.8. The highest BCUT2D eigenvalue weighted by Gasteiger charge is 2.20. The van der Waals surface area contributed by atoms with Gasteiger partial charge in [0.2, 0.25) is 0 Å². The van der Waals surface area contributed by atoms with Crippen LogP contribution in [0.1, 0.15) is 30.4 Å². The fourth-order valence-electron chi connectivity index (χ4n) is 2.05. The van der Waals surface area contributed by atoms with Crippen molar-refractivity contribution in [1.82, 2.24) is 5.32 Å². The molecule has 1 saturated carbocycles. The SMILES string of the molecule is N/C(=N/O)c1cc(F)ccc1CNCCCOCC1CC1. The number of halogens is 1. The number of hydrogen-bond donors (Lipinski definition) is 3. The molecule has 6 heteroatoms. The highest BCUT2D eigenvalue weighted by molar-refractivity contribution is 5.98. The van der Waals surface area contributed by atoms with Crippen LogP contribution in [-0.2, 0) is 11.3 Å². The van der Waals surface area contributed by atoms with Gasteiger partial charge in [-0.1, -0.05) is 11.2 Å². The zero-order chi connectivity index (χ0) is 15.1. The van der Waals surface area contributed by atoms with Gasteiger partial charge in [-0.2, -0.15) is 0 Å². The van der Waals surface area contributed by atoms with Crippen LogP contribution in [0.2, 0.25) is 0 Å². The van der Waals surface area contributed by atoms with Crippen molar-refractivity contribution in [2.45, 2.75) is 25.8 Å². The number of nitrogens with zero attached hydrogens (tertiary/aromatic N) is 1. The van der Waals surface area contributed by atoms with E-state index < -0.39 is 5.82 Å². The molecule has 1 aliphatic rings. The molecule has 0 bridgehead atoms. The minimum absolute atomic E-state index is 0.0842. The van der Waals surface area contributed by atoms with Crippen molar-refractivity contribution in [1.29, 1.82) is 0 Å². The van der Waals surface area contributed by atoms with Crippen molar-refractivity contribution in [2.24, 2.45) is 16.8 Å². The van der Waals surface area contributed by atoms with Crippen LogP contribution < -0.4 is 11.1 Å². The maximum absolute atomic E-state index is 13.2. The molecule has 21 heavy (non-hydrogen) atoms. The fraction of sp³-hybridized carbons (Fsp3) is 0.533. The molecule has 116 valence electrons. The van der Waals surface area contributed by atoms with Gasteiger partial charge in [-0.05, 0) is 49.4 Å². The van der Waals surface area contributed by atoms with E-state index in [0.717, 1.165) is 37.7 Å². The molecule has 0 spiro atoms. The lowest BCUT2D eigenvalue weighted by molar-refractivity contribution is 0.122. The van der Waals surface area contributed by atoms with E-state index in [2.05, 4.69) is 10.5 Å². The van der Waals surface area contributed by atoms with E-state index in [1.54, 1.807) is 6.07 Å². The summed E-state index contributed by atoms with van der Waals surface area (Å²) in [6.45, 7) is 2.97. The molecule has 5 nitrogen and oxygen atoms in total. The van der Waals surface area contributed by atoms with Gasteiger partial charge in [0.15, 0.2) is 5.84 Å². The first-order valence-electron chi connectivity index (χ1n) is 7.25. The predicted molar refractivity (Wildman–Crippen MR) is 78.8 cm³/mol. The van der Waals surface area contributed by atoms with Gasteiger partial charge >= 0.3 is 0 Å². The van der Waals surface area contributed by atoms with Gasteiger partial charge in [0, 0.05) is 25.3 Å². The van der Waals surface area contributed by atoms with Crippen LogP contribution in [0.4, 0.5) is 4.39 Å². The molecule has 0 radical (unpaired) electrons. The first-order valence-corrected chi connectivity index (χ1v) is 7.25. The van der Waals surface area contributed by atoms with Crippen molar-refractivity contribution in [3.8, 4) is 0 Å². The van der Waals surface area contributed by atoms with E-state index in [1.807, 2.05) is 0 Å². The number of amidine groups is 1. The van der Waals surface area contributed by atoms with Gasteiger partial charge in [-0.3, -0.25) is 0 Å². The number of rotatable bonds is 9. The van der Waals surface area contributed by atoms with Gasteiger partial charge < -0.3 is 21.0 Å². The van der Waals surface area contributed by atoms with Crippen LogP contribution in [0.5, 0.6) is 0 Å². The van der Waals surface area contributed by atoms with E-state index in [0.29, 0.717) is 12.1 Å². The highest BCUT2D eigenvalue weighted by Crippen LogP contribution is 2.28. The number of oxime groups is 1. The van der Waals surface area contributed by atoms with Gasteiger partial charge in [-0.25, -0.2) is 4.39 Å². The van der Waals surface area contributed by atoms with Gasteiger partial charge in [-0.15, -0.1) is 0 Å². The Morgan fingerprint density at radius 3 is 3.00 bits per heavy atom. The van der Waals surface area contributed by atoms with Crippen LogP contribution in [0.3, 0.4) is 0 Å². The van der Waals surface area contributed by atoms with E-state index in [1.165, 1.54) is 25.0 Å². The molecule has 1 aromatic carbocycles. The molecule has 1 aromatic rings. The monoisotopic (exact) mass is 295 g/mol. The second-order valence-electron chi connectivity index (χ2n) is 5.34. The van der Waals surface area contributed by atoms with Crippen LogP contribution >= 0.6 is 0 Å². The van der Waals surface area contributed by atoms with Crippen molar-refractivity contribution in [3.05, 3.63) is 35.1 Å². The number of benzene rings is 1. The Kier molecular flexibility index (Phi) is 5.95. The maximum atomic E-state index is 13.2. The Hall–Kier alpha value is -1.66. The average Bonchev–Trinajstić information content (AvgIpc) is 3.31. The Balaban J connectivity index is 1.71. The number of nitrogens with two attached hydrogens (primary N) is 1. The van der Waals surface area contributed by atoms with E-state index >= 15 is 0 Å². The van der Waals surface area contributed by atoms with Crippen molar-refractivity contribution in [2.75, 3.05) is 19.8 Å². The van der Waals surface area contributed by atoms with E-state index in [-0.39, 0.29) is 5.84 Å². The summed E-state index contributed by atoms with van der Waals surface area (Å²) in [6.07, 6.45) is 3.53. The lowest BCUT2D eigenvalue weighted by atomic mass is 10.1. The standard InChI is InChI=1S/C15H22FN3O2/c16-13-5-4-12(14(8-13)15(17)19-20)9-18-6-1-7-21-10-11-2-3-11/h4-5,8,11,18,20H,1-3,6-7,9-10H2,(H2,17,19). The molecule has 0 atom stereocenters. The first-order chi connectivity index (χ1) is 10.2. The largest absolute Gasteiger partial charge is 0.409 e. The number of nitrogens with one attached hydrogen (secondary N) is 1. The van der Waals surface area contributed by atoms with E-state index in [4.69, 9.17) is 15.7 Å². The molecule has 2 rings (SSSR count). The normalized spacial score (nSPS) is 15.4. The molecular weight excluding hydrogens is 273 g/mol. The summed E-state index contributed by atoms with van der Waals surface area (Å²) in [5.74, 6) is 0.299. The zero-order valence-corrected chi connectivity index (χ0v) is 12.0. The number of hydrogen-bond acceptors (Lipinski definition) is 4. The molecule has 0 saturated heterocycles. The molecule has 0 unspecified atom stereocenters. The lowest BCUT2D eigenvalue weighted by Gasteiger charge is -2.10. The fourth-order valence-corrected chi connectivity index (χ4v) is 2.05. The van der Waals surface area contributed by atoms with Crippen LogP contribution in [0, 0.1) is 11.7 Å². The first kappa shape index (κ1) is 15.7. The third-order valence-electron chi connectivity index (χ3n) is 3.46. The highest BCUT2D eigenvalue weighted by atomic mass is 19.1. The summed E-state index contributed by atoms with van der Waals surface area (Å²) in [5, 5.41) is 14.9. The molecular formula is C15H22FN3O2. The second kappa shape index (κ2) is 7.95. The third-order valence-corrected chi connectivity index (χ3v) is 3.46. The minimum atomic E-state index is -0.408. The molecule has 0 aliphatic heterocycles. The van der Waals surface area contributed by atoms with Crippen molar-refractivity contribution in [3.63, 3.8) is 0 Å². The molecule has 0 aromatic heterocycles. The summed E-state index contributed by atoms with van der Waals surface area (Å²) in [6, 6.07) is 4.27. The molecule has 4 N–H and O–H groups in total. The van der Waals surface area contributed by atoms with Crippen molar-refractivity contribution < 1.29 is 14.3 Å². The zero-order valence-electron chi connectivity index (χ0n) is 12.0. The molecule has 1 fully saturated rings. The summed E-state index contributed by atoms with van der Waals surface area (Å²) in [5.41, 5.74) is 6.76. The molecule has 0 amide bonds. The summed E-state index contributed by atoms with van der Waals surface area (Å²) in [4.78, 5) is 0. The maximum Gasteiger partial charge on any atom is 0.170 e. The van der Waals surface area contributed by atoms with Crippen LogP contribution in [0.15, 0.2) is 23.4 Å². The Labute approximate surface area is 124 Å². The van der Waals surface area contributed by atoms with Gasteiger partial charge in [0.1, 0.15) is 5.82 Å². The summed E-state index contributed by atoms with van der Waals surface area (Å²) >= 11 is 0. The van der Waals surface area contributed by atoms with Gasteiger partial charge in [0.25, 0.3) is 0 Å². The molecule has 1 aliphatic carbocycles. The third kappa shape index (κ3) is 5.32. The summed E-state index contributed by atoms with van der Waals surface area (Å²) in [7, 11) is 0. The Morgan fingerprint density at radius 1 is 1.48 bits per heavy atom. The van der Waals surface area contributed by atoms with Crippen LogP contribution in [-0.4, -0.2) is 30.8 Å². The Bertz CT molecular complexity index is 490. The second-order valence-corrected chi connectivity index (χ2v) is 5.34. The Morgan fingerprint density at radius 2 is 2.29 bits per heavy atom. The predicted octanol–water partition coefficient (Wildman–Crippen LogP) is 1.83. The molecule has 0 heterocycles. The van der Waals surface area contributed by atoms with Crippen LogP contribution in [0.25, 0.3) is 0 Å². The lowest BCUT2D eigenvalue weighted by Crippen LogP contribution is -2.21. The average molecular weight is 295 g/mol. The van der Waals surface area contributed by atoms with E-state index in [9.17, 15) is 4.39 Å². The smallest absolute Gasteiger partial charge is 0.170 e. The van der Waals surface area contributed by atoms with Gasteiger partial charge in [0.05, 0.1) is 0 Å². The topological polar surface area (TPSA) is 79.9 Å². The van der Waals surface area contributed by atoms with Crippen molar-refractivity contribution >= 4 is 5.84 Å². The quantitative estimate of drug-likeness (QED) is 0.213.